The minimum Gasteiger partial charge on any atom is -0.496 e. The molecular formula is C12H16BrFO. The Kier molecular flexibility index (Phi) is 3.77. The highest BCUT2D eigenvalue weighted by Crippen LogP contribution is 2.35. The van der Waals surface area contributed by atoms with Crippen molar-refractivity contribution >= 4 is 15.9 Å². The van der Waals surface area contributed by atoms with Gasteiger partial charge < -0.3 is 4.74 Å². The smallest absolute Gasteiger partial charge is 0.130 e. The summed E-state index contributed by atoms with van der Waals surface area (Å²) in [7, 11) is 1.57. The number of alkyl halides is 1. The Labute approximate surface area is 98.8 Å². The number of hydrogen-bond donors (Lipinski definition) is 0. The van der Waals surface area contributed by atoms with Gasteiger partial charge in [0, 0.05) is 16.3 Å². The first-order valence-corrected chi connectivity index (χ1v) is 5.95. The fraction of sp³-hybridized carbons (Fsp3) is 0.500. The third kappa shape index (κ3) is 2.51. The molecule has 0 amide bonds. The zero-order valence-corrected chi connectivity index (χ0v) is 11.1. The van der Waals surface area contributed by atoms with Crippen molar-refractivity contribution in [1.82, 2.24) is 0 Å². The Morgan fingerprint density at radius 3 is 2.47 bits per heavy atom. The normalized spacial score (nSPS) is 11.6. The molecule has 15 heavy (non-hydrogen) atoms. The predicted molar refractivity (Wildman–Crippen MR) is 64.5 cm³/mol. The van der Waals surface area contributed by atoms with Crippen molar-refractivity contribution in [2.75, 3.05) is 12.4 Å². The third-order valence-corrected chi connectivity index (χ3v) is 3.83. The van der Waals surface area contributed by atoms with Crippen LogP contribution in [0.1, 0.15) is 25.0 Å². The van der Waals surface area contributed by atoms with Crippen molar-refractivity contribution in [3.63, 3.8) is 0 Å². The Morgan fingerprint density at radius 2 is 2.00 bits per heavy atom. The van der Waals surface area contributed by atoms with Gasteiger partial charge in [-0.1, -0.05) is 29.8 Å². The molecule has 0 aromatic heterocycles. The second-order valence-electron chi connectivity index (χ2n) is 4.34. The molecule has 1 nitrogen and oxygen atoms in total. The molecule has 0 bridgehead atoms. The molecule has 0 unspecified atom stereocenters. The summed E-state index contributed by atoms with van der Waals surface area (Å²) < 4.78 is 19.1. The molecule has 0 atom stereocenters. The van der Waals surface area contributed by atoms with E-state index in [9.17, 15) is 4.39 Å². The van der Waals surface area contributed by atoms with Crippen LogP contribution in [0.15, 0.2) is 12.1 Å². The SMILES string of the molecule is COc1cc(C)cc(F)c1C(C)(C)CBr. The average Bonchev–Trinajstić information content (AvgIpc) is 2.15. The van der Waals surface area contributed by atoms with Gasteiger partial charge >= 0.3 is 0 Å². The van der Waals surface area contributed by atoms with E-state index >= 15 is 0 Å². The highest BCUT2D eigenvalue weighted by Gasteiger charge is 2.27. The Morgan fingerprint density at radius 1 is 1.40 bits per heavy atom. The molecule has 0 radical (unpaired) electrons. The van der Waals surface area contributed by atoms with Gasteiger partial charge in [0.1, 0.15) is 11.6 Å². The fourth-order valence-electron chi connectivity index (χ4n) is 1.59. The molecule has 0 aliphatic heterocycles. The minimum absolute atomic E-state index is 0.198. The lowest BCUT2D eigenvalue weighted by molar-refractivity contribution is 0.389. The average molecular weight is 275 g/mol. The van der Waals surface area contributed by atoms with Crippen LogP contribution in [0, 0.1) is 12.7 Å². The summed E-state index contributed by atoms with van der Waals surface area (Å²) in [4.78, 5) is 0. The van der Waals surface area contributed by atoms with Crippen LogP contribution in [0.4, 0.5) is 4.39 Å². The topological polar surface area (TPSA) is 9.23 Å². The molecule has 1 rings (SSSR count). The predicted octanol–water partition coefficient (Wildman–Crippen LogP) is 3.82. The number of ether oxygens (including phenoxy) is 1. The van der Waals surface area contributed by atoms with E-state index < -0.39 is 0 Å². The monoisotopic (exact) mass is 274 g/mol. The second kappa shape index (κ2) is 4.52. The van der Waals surface area contributed by atoms with Gasteiger partial charge in [-0.2, -0.15) is 0 Å². The maximum atomic E-state index is 13.9. The molecule has 0 saturated carbocycles. The number of aryl methyl sites for hydroxylation is 1. The maximum absolute atomic E-state index is 13.9. The van der Waals surface area contributed by atoms with Crippen molar-refractivity contribution in [2.24, 2.45) is 0 Å². The van der Waals surface area contributed by atoms with Crippen molar-refractivity contribution in [1.29, 1.82) is 0 Å². The van der Waals surface area contributed by atoms with Crippen LogP contribution in [0.5, 0.6) is 5.75 Å². The number of hydrogen-bond acceptors (Lipinski definition) is 1. The van der Waals surface area contributed by atoms with Gasteiger partial charge in [0.2, 0.25) is 0 Å². The second-order valence-corrected chi connectivity index (χ2v) is 4.90. The molecule has 0 N–H and O–H groups in total. The van der Waals surface area contributed by atoms with Gasteiger partial charge in [-0.05, 0) is 24.6 Å². The van der Waals surface area contributed by atoms with E-state index in [1.807, 2.05) is 26.8 Å². The Bertz CT molecular complexity index is 361. The van der Waals surface area contributed by atoms with Gasteiger partial charge in [-0.25, -0.2) is 4.39 Å². The van der Waals surface area contributed by atoms with Crippen LogP contribution in [0.2, 0.25) is 0 Å². The molecule has 1 aromatic rings. The van der Waals surface area contributed by atoms with Crippen molar-refractivity contribution in [2.45, 2.75) is 26.2 Å². The Balaban J connectivity index is 3.39. The summed E-state index contributed by atoms with van der Waals surface area (Å²) >= 11 is 3.40. The molecule has 0 aliphatic carbocycles. The fourth-order valence-corrected chi connectivity index (χ4v) is 1.88. The molecule has 84 valence electrons. The summed E-state index contributed by atoms with van der Waals surface area (Å²) in [6.07, 6.45) is 0. The molecule has 3 heteroatoms. The molecule has 0 heterocycles. The summed E-state index contributed by atoms with van der Waals surface area (Å²) in [6, 6.07) is 3.41. The van der Waals surface area contributed by atoms with Gasteiger partial charge in [0.05, 0.1) is 7.11 Å². The zero-order chi connectivity index (χ0) is 11.6. The van der Waals surface area contributed by atoms with Gasteiger partial charge in [0.15, 0.2) is 0 Å². The van der Waals surface area contributed by atoms with Crippen molar-refractivity contribution < 1.29 is 9.13 Å². The zero-order valence-electron chi connectivity index (χ0n) is 9.53. The number of benzene rings is 1. The van der Waals surface area contributed by atoms with Crippen LogP contribution < -0.4 is 4.74 Å². The van der Waals surface area contributed by atoms with E-state index in [1.54, 1.807) is 13.2 Å². The Hall–Kier alpha value is -0.570. The molecule has 1 aromatic carbocycles. The molecule has 0 fully saturated rings. The summed E-state index contributed by atoms with van der Waals surface area (Å²) in [5, 5.41) is 0.691. The van der Waals surface area contributed by atoms with E-state index in [0.717, 1.165) is 5.56 Å². The van der Waals surface area contributed by atoms with Crippen LogP contribution in [0.25, 0.3) is 0 Å². The first-order valence-electron chi connectivity index (χ1n) is 4.83. The van der Waals surface area contributed by atoms with Crippen molar-refractivity contribution in [3.05, 3.63) is 29.1 Å². The van der Waals surface area contributed by atoms with Crippen molar-refractivity contribution in [3.8, 4) is 5.75 Å². The molecule has 0 aliphatic rings. The molecule has 0 saturated heterocycles. The lowest BCUT2D eigenvalue weighted by Crippen LogP contribution is -2.21. The van der Waals surface area contributed by atoms with E-state index in [-0.39, 0.29) is 11.2 Å². The molecule has 0 spiro atoms. The maximum Gasteiger partial charge on any atom is 0.130 e. The molecular weight excluding hydrogens is 259 g/mol. The first kappa shape index (κ1) is 12.5. The quantitative estimate of drug-likeness (QED) is 0.762. The van der Waals surface area contributed by atoms with Gasteiger partial charge in [0.25, 0.3) is 0 Å². The summed E-state index contributed by atoms with van der Waals surface area (Å²) in [5.74, 6) is 0.424. The lowest BCUT2D eigenvalue weighted by Gasteiger charge is -2.25. The summed E-state index contributed by atoms with van der Waals surface area (Å²) in [5.41, 5.74) is 1.23. The minimum atomic E-state index is -0.275. The number of halogens is 2. The largest absolute Gasteiger partial charge is 0.496 e. The third-order valence-electron chi connectivity index (χ3n) is 2.43. The van der Waals surface area contributed by atoms with E-state index in [4.69, 9.17) is 4.74 Å². The van der Waals surface area contributed by atoms with Crippen LogP contribution in [0.3, 0.4) is 0 Å². The number of methoxy groups -OCH3 is 1. The standard InChI is InChI=1S/C12H16BrFO/c1-8-5-9(14)11(10(6-8)15-4)12(2,3)7-13/h5-6H,7H2,1-4H3. The van der Waals surface area contributed by atoms with Gasteiger partial charge in [-0.3, -0.25) is 0 Å². The highest BCUT2D eigenvalue weighted by molar-refractivity contribution is 9.09. The van der Waals surface area contributed by atoms with Gasteiger partial charge in [-0.15, -0.1) is 0 Å². The van der Waals surface area contributed by atoms with E-state index in [2.05, 4.69) is 15.9 Å². The van der Waals surface area contributed by atoms with E-state index in [1.165, 1.54) is 0 Å². The van der Waals surface area contributed by atoms with Crippen LogP contribution in [-0.4, -0.2) is 12.4 Å². The van der Waals surface area contributed by atoms with Crippen LogP contribution in [-0.2, 0) is 5.41 Å². The van der Waals surface area contributed by atoms with Crippen LogP contribution >= 0.6 is 15.9 Å². The highest BCUT2D eigenvalue weighted by atomic mass is 79.9. The lowest BCUT2D eigenvalue weighted by atomic mass is 9.85. The summed E-state index contributed by atoms with van der Waals surface area (Å²) in [6.45, 7) is 5.83. The first-order chi connectivity index (χ1) is 6.92. The number of rotatable bonds is 3. The van der Waals surface area contributed by atoms with E-state index in [0.29, 0.717) is 16.6 Å².